The minimum atomic E-state index is -0.724. The van der Waals surface area contributed by atoms with Crippen LogP contribution in [0.3, 0.4) is 0 Å². The standard InChI is InChI=1S/C24H26N16O5/c1-10-17(31-33-21-12(14(42)9-41)7-27-37(21)3)19(25)39(35-10)15-6-16(43)30-24(29-15)40-20(26)18(11(2)36-40)32-34-22-13(23(44)45-5)8-28-38(22)4/h6-8,41H,9,25-26H2,1-5H3,(H,29,30,43). The maximum atomic E-state index is 12.1. The van der Waals surface area contributed by atoms with Crippen molar-refractivity contribution < 1.29 is 24.5 Å². The lowest BCUT2D eigenvalue weighted by atomic mass is 10.2. The van der Waals surface area contributed by atoms with Crippen molar-refractivity contribution in [1.29, 1.82) is 0 Å². The number of carbonyl (C=O) groups excluding carboxylic acids is 2. The molecule has 0 saturated carbocycles. The van der Waals surface area contributed by atoms with E-state index in [-0.39, 0.29) is 57.5 Å². The van der Waals surface area contributed by atoms with Gasteiger partial charge in [-0.25, -0.2) is 14.2 Å². The Hall–Kier alpha value is -6.38. The predicted molar refractivity (Wildman–Crippen MR) is 154 cm³/mol. The monoisotopic (exact) mass is 618 g/mol. The zero-order valence-electron chi connectivity index (χ0n) is 24.5. The number of anilines is 2. The van der Waals surface area contributed by atoms with Crippen molar-refractivity contribution in [1.82, 2.24) is 49.1 Å². The summed E-state index contributed by atoms with van der Waals surface area (Å²) in [6.45, 7) is 2.51. The molecule has 21 nitrogen and oxygen atoms in total. The average Bonchev–Trinajstić information content (AvgIpc) is 3.73. The minimum Gasteiger partial charge on any atom is -0.493 e. The fraction of sp³-hybridized carbons (Fsp3) is 0.250. The van der Waals surface area contributed by atoms with Gasteiger partial charge in [0.2, 0.25) is 5.88 Å². The van der Waals surface area contributed by atoms with Gasteiger partial charge in [0.15, 0.2) is 46.2 Å². The first-order valence-corrected chi connectivity index (χ1v) is 12.8. The predicted octanol–water partition coefficient (Wildman–Crippen LogP) is 1.59. The second-order valence-corrected chi connectivity index (χ2v) is 9.33. The van der Waals surface area contributed by atoms with E-state index in [0.717, 1.165) is 4.68 Å². The summed E-state index contributed by atoms with van der Waals surface area (Å²) in [6, 6.07) is 1.20. The summed E-state index contributed by atoms with van der Waals surface area (Å²) in [6.07, 6.45) is 2.57. The van der Waals surface area contributed by atoms with Gasteiger partial charge in [0.05, 0.1) is 36.5 Å². The van der Waals surface area contributed by atoms with Crippen molar-refractivity contribution in [2.75, 3.05) is 25.2 Å². The van der Waals surface area contributed by atoms with E-state index in [9.17, 15) is 19.8 Å². The topological polar surface area (TPSA) is 282 Å². The van der Waals surface area contributed by atoms with Crippen LogP contribution in [0.15, 0.2) is 38.9 Å². The summed E-state index contributed by atoms with van der Waals surface area (Å²) in [5, 5.41) is 52.9. The molecule has 5 aromatic heterocycles. The van der Waals surface area contributed by atoms with Crippen LogP contribution in [0.4, 0.5) is 34.6 Å². The third-order valence-electron chi connectivity index (χ3n) is 6.37. The van der Waals surface area contributed by atoms with Gasteiger partial charge in [-0.3, -0.25) is 4.79 Å². The van der Waals surface area contributed by atoms with Gasteiger partial charge >= 0.3 is 5.97 Å². The Balaban J connectivity index is 1.50. The molecule has 6 N–H and O–H groups in total. The third-order valence-corrected chi connectivity index (χ3v) is 6.37. The number of aliphatic hydroxyl groups excluding tert-OH is 1. The second kappa shape index (κ2) is 11.7. The second-order valence-electron chi connectivity index (χ2n) is 9.33. The first-order valence-electron chi connectivity index (χ1n) is 12.8. The molecular formula is C24H26N16O5. The molecule has 0 radical (unpaired) electrons. The molecule has 45 heavy (non-hydrogen) atoms. The van der Waals surface area contributed by atoms with E-state index in [1.807, 2.05) is 0 Å². The van der Waals surface area contributed by atoms with Gasteiger partial charge in [0.25, 0.3) is 5.95 Å². The van der Waals surface area contributed by atoms with Gasteiger partial charge in [-0.2, -0.15) is 39.7 Å². The van der Waals surface area contributed by atoms with Gasteiger partial charge in [0.1, 0.15) is 12.2 Å². The van der Waals surface area contributed by atoms with Crippen molar-refractivity contribution in [3.63, 3.8) is 0 Å². The molecule has 0 fully saturated rings. The highest BCUT2D eigenvalue weighted by Crippen LogP contribution is 2.33. The van der Waals surface area contributed by atoms with E-state index in [2.05, 4.69) is 50.8 Å². The van der Waals surface area contributed by atoms with E-state index in [0.29, 0.717) is 11.4 Å². The number of nitrogens with two attached hydrogens (primary N) is 2. The van der Waals surface area contributed by atoms with Gasteiger partial charge in [0, 0.05) is 20.2 Å². The highest BCUT2D eigenvalue weighted by molar-refractivity contribution is 6.00. The van der Waals surface area contributed by atoms with Gasteiger partial charge in [-0.1, -0.05) is 0 Å². The normalized spacial score (nSPS) is 11.7. The molecule has 0 spiro atoms. The number of nitrogen functional groups attached to an aromatic ring is 2. The Morgan fingerprint density at radius 2 is 1.40 bits per heavy atom. The number of azo groups is 2. The van der Waals surface area contributed by atoms with Crippen molar-refractivity contribution in [2.24, 2.45) is 34.6 Å². The van der Waals surface area contributed by atoms with Crippen LogP contribution in [-0.2, 0) is 18.8 Å². The number of aromatic hydroxyl groups is 1. The van der Waals surface area contributed by atoms with Gasteiger partial charge in [-0.15, -0.1) is 20.5 Å². The average molecular weight is 619 g/mol. The van der Waals surface area contributed by atoms with Crippen LogP contribution in [0.5, 0.6) is 5.88 Å². The number of Topliss-reactive ketones (excluding diaryl/α,β-unsaturated/α-hetero) is 1. The molecule has 0 amide bonds. The lowest BCUT2D eigenvalue weighted by Crippen LogP contribution is -2.11. The molecule has 0 aliphatic heterocycles. The maximum absolute atomic E-state index is 12.1. The summed E-state index contributed by atoms with van der Waals surface area (Å²) in [4.78, 5) is 32.5. The number of carbonyl (C=O) groups is 2. The Kier molecular flexibility index (Phi) is 7.83. The Bertz CT molecular complexity index is 1870. The highest BCUT2D eigenvalue weighted by atomic mass is 16.5. The Labute approximate surface area is 252 Å². The van der Waals surface area contributed by atoms with Crippen LogP contribution < -0.4 is 11.5 Å². The fourth-order valence-electron chi connectivity index (χ4n) is 4.09. The van der Waals surface area contributed by atoms with Crippen molar-refractivity contribution in [3.8, 4) is 17.6 Å². The van der Waals surface area contributed by atoms with Crippen LogP contribution in [0, 0.1) is 13.8 Å². The van der Waals surface area contributed by atoms with E-state index in [1.165, 1.54) is 39.6 Å². The number of ether oxygens (including phenoxy) is 1. The summed E-state index contributed by atoms with van der Waals surface area (Å²) >= 11 is 0. The molecule has 0 saturated heterocycles. The summed E-state index contributed by atoms with van der Waals surface area (Å²) in [7, 11) is 4.36. The van der Waals surface area contributed by atoms with Crippen LogP contribution >= 0.6 is 0 Å². The molecule has 0 atom stereocenters. The number of aryl methyl sites for hydroxylation is 4. The van der Waals surface area contributed by atoms with Crippen LogP contribution in [0.2, 0.25) is 0 Å². The number of methoxy groups -OCH3 is 1. The van der Waals surface area contributed by atoms with Crippen molar-refractivity contribution in [3.05, 3.63) is 41.0 Å². The molecule has 0 unspecified atom stereocenters. The van der Waals surface area contributed by atoms with Gasteiger partial charge < -0.3 is 26.4 Å². The van der Waals surface area contributed by atoms with Crippen LogP contribution in [0.25, 0.3) is 11.8 Å². The number of aliphatic hydroxyl groups is 1. The fourth-order valence-corrected chi connectivity index (χ4v) is 4.09. The number of hydrogen-bond donors (Lipinski definition) is 4. The maximum Gasteiger partial charge on any atom is 0.343 e. The summed E-state index contributed by atoms with van der Waals surface area (Å²) < 4.78 is 9.74. The summed E-state index contributed by atoms with van der Waals surface area (Å²) in [5.74, 6) is -1.61. The van der Waals surface area contributed by atoms with E-state index < -0.39 is 24.2 Å². The SMILES string of the molecule is COC(=O)c1cnn(C)c1N=Nc1c(C)nn(-c2nc(O)cc(-n3nc(C)c(N=Nc4c(C(=O)CO)cnn4C)c3N)n2)c1N. The number of ketones is 1. The molecule has 232 valence electrons. The Morgan fingerprint density at radius 1 is 0.867 bits per heavy atom. The minimum absolute atomic E-state index is 0.00537. The molecule has 0 bridgehead atoms. The lowest BCUT2D eigenvalue weighted by molar-refractivity contribution is 0.0601. The zero-order chi connectivity index (χ0) is 32.6. The lowest BCUT2D eigenvalue weighted by Gasteiger charge is -2.07. The van der Waals surface area contributed by atoms with E-state index >= 15 is 0 Å². The number of hydrogen-bond acceptors (Lipinski definition) is 17. The highest BCUT2D eigenvalue weighted by Gasteiger charge is 2.22. The third kappa shape index (κ3) is 5.45. The first-order chi connectivity index (χ1) is 21.4. The smallest absolute Gasteiger partial charge is 0.343 e. The van der Waals surface area contributed by atoms with Crippen molar-refractivity contribution in [2.45, 2.75) is 13.8 Å². The molecule has 5 heterocycles. The molecular weight excluding hydrogens is 592 g/mol. The molecule has 0 aliphatic carbocycles. The largest absolute Gasteiger partial charge is 0.493 e. The molecule has 5 aromatic rings. The quantitative estimate of drug-likeness (QED) is 0.104. The molecule has 0 aromatic carbocycles. The van der Waals surface area contributed by atoms with Crippen LogP contribution in [-0.4, -0.2) is 84.8 Å². The van der Waals surface area contributed by atoms with E-state index in [1.54, 1.807) is 27.9 Å². The van der Waals surface area contributed by atoms with Crippen molar-refractivity contribution >= 4 is 46.4 Å². The van der Waals surface area contributed by atoms with Crippen LogP contribution in [0.1, 0.15) is 32.1 Å². The van der Waals surface area contributed by atoms with Gasteiger partial charge in [-0.05, 0) is 13.8 Å². The van der Waals surface area contributed by atoms with E-state index in [4.69, 9.17) is 16.2 Å². The molecule has 0 aliphatic rings. The molecule has 5 rings (SSSR count). The zero-order valence-corrected chi connectivity index (χ0v) is 24.5. The number of esters is 1. The summed E-state index contributed by atoms with van der Waals surface area (Å²) in [5.41, 5.74) is 13.8. The number of rotatable bonds is 9. The molecule has 21 heteroatoms. The first kappa shape index (κ1) is 30.1. The Morgan fingerprint density at radius 3 is 1.98 bits per heavy atom. The number of aromatic nitrogens is 10. The number of nitrogens with zero attached hydrogens (tertiary/aromatic N) is 14.